The van der Waals surface area contributed by atoms with E-state index < -0.39 is 29.5 Å². The Morgan fingerprint density at radius 3 is 2.03 bits per heavy atom. The topological polar surface area (TPSA) is 98.7 Å². The summed E-state index contributed by atoms with van der Waals surface area (Å²) in [6.07, 6.45) is 1.60. The molecule has 3 N–H and O–H groups in total. The summed E-state index contributed by atoms with van der Waals surface area (Å²) in [5.41, 5.74) is 0.649. The lowest BCUT2D eigenvalue weighted by Crippen LogP contribution is -2.59. The highest BCUT2D eigenvalue weighted by Gasteiger charge is 2.38. The van der Waals surface area contributed by atoms with Gasteiger partial charge in [0.1, 0.15) is 6.04 Å². The molecular weight excluding hydrogens is 418 g/mol. The van der Waals surface area contributed by atoms with E-state index in [1.807, 2.05) is 71.9 Å². The monoisotopic (exact) mass is 459 g/mol. The molecule has 0 bridgehead atoms. The number of nitrogens with zero attached hydrogens (tertiary/aromatic N) is 1. The van der Waals surface area contributed by atoms with E-state index in [9.17, 15) is 19.5 Å². The minimum atomic E-state index is -1.02. The van der Waals surface area contributed by atoms with Crippen molar-refractivity contribution >= 4 is 17.8 Å². The Kier molecular flexibility index (Phi) is 10.3. The van der Waals surface area contributed by atoms with Gasteiger partial charge >= 0.3 is 5.97 Å². The van der Waals surface area contributed by atoms with Crippen molar-refractivity contribution in [2.24, 2.45) is 11.3 Å². The van der Waals surface area contributed by atoms with E-state index >= 15 is 0 Å². The van der Waals surface area contributed by atoms with Gasteiger partial charge < -0.3 is 20.6 Å². The average molecular weight is 460 g/mol. The van der Waals surface area contributed by atoms with Crippen LogP contribution in [0.1, 0.15) is 59.9 Å². The predicted molar refractivity (Wildman–Crippen MR) is 132 cm³/mol. The Hall–Kier alpha value is -2.67. The first-order valence-corrected chi connectivity index (χ1v) is 11.4. The number of hydrogen-bond acceptors (Lipinski definition) is 4. The molecule has 0 radical (unpaired) electrons. The van der Waals surface area contributed by atoms with Crippen molar-refractivity contribution in [2.75, 3.05) is 14.1 Å². The molecule has 33 heavy (non-hydrogen) atoms. The van der Waals surface area contributed by atoms with Gasteiger partial charge in [-0.15, -0.1) is 0 Å². The fourth-order valence-electron chi connectivity index (χ4n) is 3.87. The van der Waals surface area contributed by atoms with Crippen LogP contribution in [-0.2, 0) is 14.4 Å². The number of hydrogen-bond donors (Lipinski definition) is 3. The fraction of sp³-hybridized carbons (Fsp3) is 0.577. The van der Waals surface area contributed by atoms with Crippen molar-refractivity contribution in [2.45, 2.75) is 72.5 Å². The maximum absolute atomic E-state index is 13.6. The van der Waals surface area contributed by atoms with Crippen LogP contribution in [0.3, 0.4) is 0 Å². The largest absolute Gasteiger partial charge is 0.478 e. The molecule has 0 heterocycles. The van der Waals surface area contributed by atoms with Gasteiger partial charge in [-0.25, -0.2) is 4.79 Å². The van der Waals surface area contributed by atoms with Crippen LogP contribution in [-0.4, -0.2) is 60.0 Å². The zero-order chi connectivity index (χ0) is 25.5. The SMILES string of the molecule is CN[C@H](C(=O)N[C@H](C(=O)N(C)[C@H](C=C(C)C(=O)O)C(C)C)C(C)(C)C)[C@@H](C)c1ccccc1. The van der Waals surface area contributed by atoms with Crippen molar-refractivity contribution in [3.05, 3.63) is 47.5 Å². The predicted octanol–water partition coefficient (Wildman–Crippen LogP) is 3.42. The number of aliphatic carboxylic acids is 1. The van der Waals surface area contributed by atoms with Crippen molar-refractivity contribution in [1.29, 1.82) is 0 Å². The number of nitrogens with one attached hydrogen (secondary N) is 2. The molecule has 0 aliphatic carbocycles. The molecule has 0 fully saturated rings. The Bertz CT molecular complexity index is 843. The lowest BCUT2D eigenvalue weighted by Gasteiger charge is -2.38. The van der Waals surface area contributed by atoms with Crippen LogP contribution in [0, 0.1) is 11.3 Å². The summed E-state index contributed by atoms with van der Waals surface area (Å²) in [5, 5.41) is 15.4. The first-order chi connectivity index (χ1) is 15.2. The minimum Gasteiger partial charge on any atom is -0.478 e. The highest BCUT2D eigenvalue weighted by molar-refractivity contribution is 5.91. The first kappa shape index (κ1) is 28.4. The van der Waals surface area contributed by atoms with E-state index in [0.717, 1.165) is 5.56 Å². The second-order valence-electron chi connectivity index (χ2n) is 10.1. The smallest absolute Gasteiger partial charge is 0.331 e. The number of amides is 2. The molecule has 0 aliphatic heterocycles. The molecule has 0 unspecified atom stereocenters. The van der Waals surface area contributed by atoms with Gasteiger partial charge in [-0.1, -0.05) is 78.0 Å². The number of carbonyl (C=O) groups is 3. The summed E-state index contributed by atoms with van der Waals surface area (Å²) in [4.78, 5) is 39.8. The molecule has 0 saturated carbocycles. The molecule has 184 valence electrons. The maximum atomic E-state index is 13.6. The molecule has 7 heteroatoms. The second-order valence-corrected chi connectivity index (χ2v) is 10.1. The summed E-state index contributed by atoms with van der Waals surface area (Å²) in [6, 6.07) is 8.04. The number of rotatable bonds is 10. The van der Waals surface area contributed by atoms with Crippen LogP contribution in [0.15, 0.2) is 42.0 Å². The quantitative estimate of drug-likeness (QED) is 0.466. The summed E-state index contributed by atoms with van der Waals surface area (Å²) in [7, 11) is 3.39. The van der Waals surface area contributed by atoms with Crippen LogP contribution in [0.25, 0.3) is 0 Å². The molecule has 4 atom stereocenters. The molecule has 1 aromatic carbocycles. The molecule has 1 rings (SSSR count). The highest BCUT2D eigenvalue weighted by atomic mass is 16.4. The first-order valence-electron chi connectivity index (χ1n) is 11.4. The van der Waals surface area contributed by atoms with E-state index in [1.165, 1.54) is 6.92 Å². The van der Waals surface area contributed by atoms with Gasteiger partial charge in [0.15, 0.2) is 0 Å². The Morgan fingerprint density at radius 1 is 1.06 bits per heavy atom. The van der Waals surface area contributed by atoms with Crippen LogP contribution < -0.4 is 10.6 Å². The zero-order valence-electron chi connectivity index (χ0n) is 21.5. The third kappa shape index (κ3) is 7.70. The van der Waals surface area contributed by atoms with Crippen LogP contribution >= 0.6 is 0 Å². The van der Waals surface area contributed by atoms with Gasteiger partial charge in [0.05, 0.1) is 12.1 Å². The second kappa shape index (κ2) is 12.0. The highest BCUT2D eigenvalue weighted by Crippen LogP contribution is 2.25. The van der Waals surface area contributed by atoms with Gasteiger partial charge in [-0.2, -0.15) is 0 Å². The molecule has 0 saturated heterocycles. The summed E-state index contributed by atoms with van der Waals surface area (Å²) < 4.78 is 0. The van der Waals surface area contributed by atoms with Gasteiger partial charge in [0.2, 0.25) is 11.8 Å². The average Bonchev–Trinajstić information content (AvgIpc) is 2.74. The van der Waals surface area contributed by atoms with Gasteiger partial charge in [0.25, 0.3) is 0 Å². The van der Waals surface area contributed by atoms with Gasteiger partial charge in [0, 0.05) is 18.5 Å². The molecule has 0 aliphatic rings. The fourth-order valence-corrected chi connectivity index (χ4v) is 3.87. The zero-order valence-corrected chi connectivity index (χ0v) is 21.5. The number of carboxylic acids is 1. The third-order valence-corrected chi connectivity index (χ3v) is 6.05. The normalized spacial score (nSPS) is 16.0. The number of likely N-dealkylation sites (N-methyl/N-ethyl adjacent to an activating group) is 2. The van der Waals surface area contributed by atoms with E-state index in [1.54, 1.807) is 25.1 Å². The van der Waals surface area contributed by atoms with Crippen LogP contribution in [0.4, 0.5) is 0 Å². The summed E-state index contributed by atoms with van der Waals surface area (Å²) in [5.74, 6) is -1.64. The molecule has 2 amide bonds. The lowest BCUT2D eigenvalue weighted by molar-refractivity contribution is -0.140. The summed E-state index contributed by atoms with van der Waals surface area (Å²) >= 11 is 0. The third-order valence-electron chi connectivity index (χ3n) is 6.05. The van der Waals surface area contributed by atoms with E-state index in [-0.39, 0.29) is 29.2 Å². The van der Waals surface area contributed by atoms with Crippen LogP contribution in [0.5, 0.6) is 0 Å². The van der Waals surface area contributed by atoms with Crippen molar-refractivity contribution in [3.63, 3.8) is 0 Å². The van der Waals surface area contributed by atoms with E-state index in [0.29, 0.717) is 0 Å². The number of benzene rings is 1. The molecule has 7 nitrogen and oxygen atoms in total. The molecular formula is C26H41N3O4. The van der Waals surface area contributed by atoms with Crippen molar-refractivity contribution < 1.29 is 19.5 Å². The Morgan fingerprint density at radius 2 is 1.61 bits per heavy atom. The molecule has 0 spiro atoms. The number of carboxylic acid groups (broad SMARTS) is 1. The molecule has 0 aromatic heterocycles. The standard InChI is InChI=1S/C26H41N3O4/c1-16(2)20(15-17(3)25(32)33)29(9)24(31)22(26(5,6)7)28-23(30)21(27-8)18(4)19-13-11-10-12-14-19/h10-16,18,20-22,27H,1-9H3,(H,28,30)(H,32,33)/t18-,20+,21-,22+/m0/s1. The maximum Gasteiger partial charge on any atom is 0.331 e. The van der Waals surface area contributed by atoms with Gasteiger partial charge in [-0.3, -0.25) is 9.59 Å². The Balaban J connectivity index is 3.20. The van der Waals surface area contributed by atoms with Gasteiger partial charge in [-0.05, 0) is 30.9 Å². The van der Waals surface area contributed by atoms with Crippen molar-refractivity contribution in [3.8, 4) is 0 Å². The summed E-state index contributed by atoms with van der Waals surface area (Å²) in [6.45, 7) is 13.1. The molecule has 1 aromatic rings. The Labute approximate surface area is 198 Å². The van der Waals surface area contributed by atoms with E-state index in [4.69, 9.17) is 0 Å². The lowest BCUT2D eigenvalue weighted by atomic mass is 9.84. The van der Waals surface area contributed by atoms with Crippen molar-refractivity contribution in [1.82, 2.24) is 15.5 Å². The van der Waals surface area contributed by atoms with E-state index in [2.05, 4.69) is 10.6 Å². The number of carbonyl (C=O) groups excluding carboxylic acids is 2. The van der Waals surface area contributed by atoms with Crippen LogP contribution in [0.2, 0.25) is 0 Å². The minimum absolute atomic E-state index is 0.00673.